The minimum Gasteiger partial charge on any atom is -0.223 e. The molecule has 0 aliphatic rings. The monoisotopic (exact) mass is 250 g/mol. The van der Waals surface area contributed by atoms with Crippen LogP contribution in [0.4, 0.5) is 0 Å². The number of allylic oxidation sites excluding steroid dienone is 2. The molecule has 0 atom stereocenters. The molecule has 0 bridgehead atoms. The van der Waals surface area contributed by atoms with Gasteiger partial charge in [0.05, 0.1) is 10.6 Å². The maximum atomic E-state index is 11.9. The summed E-state index contributed by atoms with van der Waals surface area (Å²) in [7, 11) is -3.16. The maximum absolute atomic E-state index is 11.9. The van der Waals surface area contributed by atoms with Crippen molar-refractivity contribution in [1.82, 2.24) is 0 Å². The second kappa shape index (κ2) is 7.07. The first-order chi connectivity index (χ1) is 8.17. The summed E-state index contributed by atoms with van der Waals surface area (Å²) >= 11 is 0. The number of hydrogen-bond donors (Lipinski definition) is 0. The minimum absolute atomic E-state index is 0.0745. The zero-order valence-electron chi connectivity index (χ0n) is 9.88. The topological polar surface area (TPSA) is 34.1 Å². The summed E-state index contributed by atoms with van der Waals surface area (Å²) < 4.78 is 23.7. The van der Waals surface area contributed by atoms with Crippen LogP contribution in [0.25, 0.3) is 0 Å². The molecule has 0 heterocycles. The van der Waals surface area contributed by atoms with E-state index in [-0.39, 0.29) is 5.75 Å². The Labute approximate surface area is 104 Å². The molecule has 0 spiro atoms. The third-order valence-electron chi connectivity index (χ3n) is 2.36. The van der Waals surface area contributed by atoms with E-state index >= 15 is 0 Å². The van der Waals surface area contributed by atoms with Gasteiger partial charge in [0.2, 0.25) is 0 Å². The molecule has 0 unspecified atom stereocenters. The molecule has 3 heteroatoms. The predicted molar refractivity (Wildman–Crippen MR) is 71.7 cm³/mol. The number of hydrogen-bond acceptors (Lipinski definition) is 2. The standard InChI is InChI=1S/C14H18O2S/c1-2-3-4-5-6-10-13-17(15,16)14-11-8-7-9-12-14/h2,6-12H,1,3-5,13H2. The molecule has 0 aromatic heterocycles. The van der Waals surface area contributed by atoms with Crippen LogP contribution >= 0.6 is 0 Å². The molecule has 0 radical (unpaired) electrons. The van der Waals surface area contributed by atoms with Crippen molar-refractivity contribution in [2.24, 2.45) is 0 Å². The van der Waals surface area contributed by atoms with Crippen LogP contribution in [-0.4, -0.2) is 14.2 Å². The fourth-order valence-corrected chi connectivity index (χ4v) is 2.57. The zero-order chi connectivity index (χ0) is 12.6. The van der Waals surface area contributed by atoms with Gasteiger partial charge in [-0.15, -0.1) is 6.58 Å². The van der Waals surface area contributed by atoms with Crippen molar-refractivity contribution in [2.45, 2.75) is 24.2 Å². The van der Waals surface area contributed by atoms with E-state index in [0.717, 1.165) is 19.3 Å². The molecule has 92 valence electrons. The van der Waals surface area contributed by atoms with Gasteiger partial charge in [-0.05, 0) is 31.4 Å². The van der Waals surface area contributed by atoms with Crippen LogP contribution in [0.2, 0.25) is 0 Å². The summed E-state index contributed by atoms with van der Waals surface area (Å²) in [5.41, 5.74) is 0. The lowest BCUT2D eigenvalue weighted by atomic mass is 10.2. The van der Waals surface area contributed by atoms with E-state index in [2.05, 4.69) is 6.58 Å². The van der Waals surface area contributed by atoms with Crippen LogP contribution in [0.3, 0.4) is 0 Å². The second-order valence-electron chi connectivity index (χ2n) is 3.79. The van der Waals surface area contributed by atoms with Crippen molar-refractivity contribution in [3.05, 3.63) is 55.1 Å². The fraction of sp³-hybridized carbons (Fsp3) is 0.286. The summed E-state index contributed by atoms with van der Waals surface area (Å²) in [6.45, 7) is 3.64. The molecule has 2 nitrogen and oxygen atoms in total. The Balaban J connectivity index is 2.48. The maximum Gasteiger partial charge on any atom is 0.181 e. The third kappa shape index (κ3) is 5.00. The van der Waals surface area contributed by atoms with E-state index in [1.54, 1.807) is 30.3 Å². The molecule has 0 aliphatic carbocycles. The SMILES string of the molecule is C=CCCCC=CCS(=O)(=O)c1ccccc1. The molecule has 0 N–H and O–H groups in total. The van der Waals surface area contributed by atoms with Gasteiger partial charge in [0.25, 0.3) is 0 Å². The van der Waals surface area contributed by atoms with Gasteiger partial charge >= 0.3 is 0 Å². The van der Waals surface area contributed by atoms with Gasteiger partial charge < -0.3 is 0 Å². The third-order valence-corrected chi connectivity index (χ3v) is 3.99. The number of sulfone groups is 1. The lowest BCUT2D eigenvalue weighted by Crippen LogP contribution is -2.04. The second-order valence-corrected chi connectivity index (χ2v) is 5.82. The largest absolute Gasteiger partial charge is 0.223 e. The van der Waals surface area contributed by atoms with Gasteiger partial charge in [0.1, 0.15) is 0 Å². The van der Waals surface area contributed by atoms with E-state index in [0.29, 0.717) is 4.90 Å². The van der Waals surface area contributed by atoms with Crippen LogP contribution in [0.5, 0.6) is 0 Å². The van der Waals surface area contributed by atoms with Gasteiger partial charge in [0, 0.05) is 0 Å². The minimum atomic E-state index is -3.16. The highest BCUT2D eigenvalue weighted by Gasteiger charge is 2.10. The smallest absolute Gasteiger partial charge is 0.181 e. The van der Waals surface area contributed by atoms with Crippen LogP contribution in [0, 0.1) is 0 Å². The van der Waals surface area contributed by atoms with E-state index in [1.807, 2.05) is 18.2 Å². The Bertz CT molecular complexity index is 458. The van der Waals surface area contributed by atoms with E-state index in [9.17, 15) is 8.42 Å². The summed E-state index contributed by atoms with van der Waals surface area (Å²) in [4.78, 5) is 0.385. The Morgan fingerprint density at radius 3 is 2.41 bits per heavy atom. The van der Waals surface area contributed by atoms with Crippen LogP contribution in [0.15, 0.2) is 60.0 Å². The van der Waals surface area contributed by atoms with E-state index in [4.69, 9.17) is 0 Å². The molecule has 0 fully saturated rings. The van der Waals surface area contributed by atoms with E-state index in [1.165, 1.54) is 0 Å². The summed E-state index contributed by atoms with van der Waals surface area (Å²) in [5.74, 6) is 0.0745. The molecule has 1 rings (SSSR count). The average molecular weight is 250 g/mol. The Kier molecular flexibility index (Phi) is 5.70. The molecule has 1 aromatic rings. The predicted octanol–water partition coefficient (Wildman–Crippen LogP) is 3.37. The van der Waals surface area contributed by atoms with Gasteiger partial charge in [-0.2, -0.15) is 0 Å². The van der Waals surface area contributed by atoms with Gasteiger partial charge in [-0.3, -0.25) is 0 Å². The normalized spacial score (nSPS) is 11.8. The highest BCUT2D eigenvalue weighted by atomic mass is 32.2. The number of rotatable bonds is 7. The van der Waals surface area contributed by atoms with Gasteiger partial charge in [-0.25, -0.2) is 8.42 Å². The van der Waals surface area contributed by atoms with Crippen molar-refractivity contribution >= 4 is 9.84 Å². The van der Waals surface area contributed by atoms with Gasteiger partial charge in [-0.1, -0.05) is 36.4 Å². The average Bonchev–Trinajstić information content (AvgIpc) is 2.35. The molecule has 0 saturated carbocycles. The lowest BCUT2D eigenvalue weighted by Gasteiger charge is -2.00. The van der Waals surface area contributed by atoms with E-state index < -0.39 is 9.84 Å². The highest BCUT2D eigenvalue weighted by molar-refractivity contribution is 7.91. The Morgan fingerprint density at radius 1 is 1.06 bits per heavy atom. The first kappa shape index (κ1) is 13.7. The fourth-order valence-electron chi connectivity index (χ4n) is 1.42. The summed E-state index contributed by atoms with van der Waals surface area (Å²) in [6, 6.07) is 8.53. The van der Waals surface area contributed by atoms with Crippen LogP contribution in [0.1, 0.15) is 19.3 Å². The molecule has 17 heavy (non-hydrogen) atoms. The molecular formula is C14H18O2S. The van der Waals surface area contributed by atoms with Crippen LogP contribution in [-0.2, 0) is 9.84 Å². The van der Waals surface area contributed by atoms with Crippen LogP contribution < -0.4 is 0 Å². The first-order valence-corrected chi connectivity index (χ1v) is 7.36. The zero-order valence-corrected chi connectivity index (χ0v) is 10.7. The van der Waals surface area contributed by atoms with Gasteiger partial charge in [0.15, 0.2) is 9.84 Å². The molecule has 0 saturated heterocycles. The summed E-state index contributed by atoms with van der Waals surface area (Å²) in [6.07, 6.45) is 8.40. The van der Waals surface area contributed by atoms with Crippen molar-refractivity contribution in [1.29, 1.82) is 0 Å². The van der Waals surface area contributed by atoms with Crippen molar-refractivity contribution < 1.29 is 8.42 Å². The quantitative estimate of drug-likeness (QED) is 0.549. The Morgan fingerprint density at radius 2 is 1.76 bits per heavy atom. The molecular weight excluding hydrogens is 232 g/mol. The number of benzene rings is 1. The Hall–Kier alpha value is -1.35. The summed E-state index contributed by atoms with van der Waals surface area (Å²) in [5, 5.41) is 0. The molecule has 0 amide bonds. The van der Waals surface area contributed by atoms with Crippen molar-refractivity contribution in [3.8, 4) is 0 Å². The number of unbranched alkanes of at least 4 members (excludes halogenated alkanes) is 2. The molecule has 1 aromatic carbocycles. The molecule has 0 aliphatic heterocycles. The van der Waals surface area contributed by atoms with Crippen molar-refractivity contribution in [3.63, 3.8) is 0 Å². The highest BCUT2D eigenvalue weighted by Crippen LogP contribution is 2.10. The lowest BCUT2D eigenvalue weighted by molar-refractivity contribution is 0.599. The van der Waals surface area contributed by atoms with Crippen molar-refractivity contribution in [2.75, 3.05) is 5.75 Å². The first-order valence-electron chi connectivity index (χ1n) is 5.70.